The molecule has 9 heteroatoms. The fraction of sp³-hybridized carbons (Fsp3) is 0.625. The number of carbonyl (C=O) groups is 2. The van der Waals surface area contributed by atoms with Crippen LogP contribution in [0, 0.1) is 5.92 Å². The molecule has 1 heterocycles. The van der Waals surface area contributed by atoms with Crippen LogP contribution in [-0.2, 0) is 16.1 Å². The van der Waals surface area contributed by atoms with E-state index in [0.717, 1.165) is 56.1 Å². The minimum absolute atomic E-state index is 0. The predicted molar refractivity (Wildman–Crippen MR) is 144 cm³/mol. The number of hydrogen-bond acceptors (Lipinski definition) is 4. The molecule has 1 atom stereocenters. The first kappa shape index (κ1) is 27.4. The van der Waals surface area contributed by atoms with Gasteiger partial charge in [0.2, 0.25) is 11.8 Å². The van der Waals surface area contributed by atoms with Crippen LogP contribution in [0.25, 0.3) is 0 Å². The molecule has 0 spiro atoms. The van der Waals surface area contributed by atoms with Gasteiger partial charge in [0.25, 0.3) is 0 Å². The zero-order valence-electron chi connectivity index (χ0n) is 20.1. The lowest BCUT2D eigenvalue weighted by molar-refractivity contribution is -0.134. The molecular formula is C24H39IN6O2. The van der Waals surface area contributed by atoms with Crippen molar-refractivity contribution >= 4 is 47.4 Å². The number of likely N-dealkylation sites (tertiary alicyclic amines) is 1. The number of aliphatic imine (C=N–C) groups is 1. The Hall–Kier alpha value is -1.88. The molecule has 0 bridgehead atoms. The van der Waals surface area contributed by atoms with E-state index in [0.29, 0.717) is 19.0 Å². The highest BCUT2D eigenvalue weighted by Gasteiger charge is 2.32. The lowest BCUT2D eigenvalue weighted by atomic mass is 10.1. The summed E-state index contributed by atoms with van der Waals surface area (Å²) in [5, 5.41) is 9.73. The fourth-order valence-electron chi connectivity index (χ4n) is 4.43. The quantitative estimate of drug-likeness (QED) is 0.254. The summed E-state index contributed by atoms with van der Waals surface area (Å²) >= 11 is 0. The van der Waals surface area contributed by atoms with Crippen LogP contribution in [0.15, 0.2) is 29.3 Å². The third-order valence-electron chi connectivity index (χ3n) is 5.98. The molecule has 1 aromatic rings. The average Bonchev–Trinajstić information content (AvgIpc) is 3.44. The second-order valence-electron chi connectivity index (χ2n) is 9.08. The molecule has 33 heavy (non-hydrogen) atoms. The zero-order chi connectivity index (χ0) is 22.9. The number of carbonyl (C=O) groups excluding carboxylic acids is 2. The number of amides is 2. The van der Waals surface area contributed by atoms with Crippen molar-refractivity contribution < 1.29 is 9.59 Å². The van der Waals surface area contributed by atoms with Crippen LogP contribution in [0.5, 0.6) is 0 Å². The van der Waals surface area contributed by atoms with E-state index in [1.165, 1.54) is 12.8 Å². The molecule has 184 valence electrons. The Kier molecular flexibility index (Phi) is 11.4. The largest absolute Gasteiger partial charge is 0.357 e. The van der Waals surface area contributed by atoms with Crippen LogP contribution in [0.4, 0.5) is 5.69 Å². The lowest BCUT2D eigenvalue weighted by Gasteiger charge is -2.21. The molecular weight excluding hydrogens is 531 g/mol. The highest BCUT2D eigenvalue weighted by Crippen LogP contribution is 2.27. The molecule has 2 aliphatic rings. The average molecular weight is 571 g/mol. The van der Waals surface area contributed by atoms with Gasteiger partial charge in [0.15, 0.2) is 5.96 Å². The number of hydrogen-bond donors (Lipinski definition) is 3. The van der Waals surface area contributed by atoms with Crippen molar-refractivity contribution in [3.8, 4) is 0 Å². The third-order valence-corrected chi connectivity index (χ3v) is 5.98. The molecule has 2 amide bonds. The number of anilines is 1. The number of benzene rings is 1. The maximum absolute atomic E-state index is 12.7. The SMILES string of the molecule is CCNC(=NCc1cccc(NC(=O)CN(C)C)c1)NC1CCN(C(=O)C2CCCC2)C1.I. The first-order chi connectivity index (χ1) is 15.4. The predicted octanol–water partition coefficient (Wildman–Crippen LogP) is 2.65. The fourth-order valence-corrected chi connectivity index (χ4v) is 4.43. The molecule has 3 N–H and O–H groups in total. The summed E-state index contributed by atoms with van der Waals surface area (Å²) in [7, 11) is 3.74. The number of nitrogens with zero attached hydrogens (tertiary/aromatic N) is 3. The van der Waals surface area contributed by atoms with Crippen LogP contribution >= 0.6 is 24.0 Å². The summed E-state index contributed by atoms with van der Waals surface area (Å²) in [4.78, 5) is 33.3. The van der Waals surface area contributed by atoms with Crippen molar-refractivity contribution in [2.45, 2.75) is 51.6 Å². The Morgan fingerprint density at radius 3 is 2.64 bits per heavy atom. The topological polar surface area (TPSA) is 89.1 Å². The van der Waals surface area contributed by atoms with Crippen molar-refractivity contribution in [2.75, 3.05) is 45.6 Å². The van der Waals surface area contributed by atoms with Gasteiger partial charge < -0.3 is 25.8 Å². The van der Waals surface area contributed by atoms with E-state index in [1.807, 2.05) is 55.1 Å². The van der Waals surface area contributed by atoms with Crippen LogP contribution < -0.4 is 16.0 Å². The van der Waals surface area contributed by atoms with E-state index >= 15 is 0 Å². The van der Waals surface area contributed by atoms with Crippen molar-refractivity contribution in [1.82, 2.24) is 20.4 Å². The molecule has 2 fully saturated rings. The van der Waals surface area contributed by atoms with E-state index in [1.54, 1.807) is 0 Å². The van der Waals surface area contributed by atoms with Crippen molar-refractivity contribution in [2.24, 2.45) is 10.9 Å². The molecule has 8 nitrogen and oxygen atoms in total. The second kappa shape index (κ2) is 13.7. The molecule has 1 aliphatic carbocycles. The Morgan fingerprint density at radius 1 is 1.18 bits per heavy atom. The molecule has 3 rings (SSSR count). The standard InChI is InChI=1S/C24H38N6O2.HI/c1-4-25-24(28-21-12-13-30(16-21)23(32)19-9-5-6-10-19)26-15-18-8-7-11-20(14-18)27-22(31)17-29(2)3;/h7-8,11,14,19,21H,4-6,9-10,12-13,15-17H2,1-3H3,(H,27,31)(H2,25,26,28);1H. The van der Waals surface area contributed by atoms with Crippen LogP contribution in [0.2, 0.25) is 0 Å². The van der Waals surface area contributed by atoms with Gasteiger partial charge >= 0.3 is 0 Å². The van der Waals surface area contributed by atoms with E-state index < -0.39 is 0 Å². The highest BCUT2D eigenvalue weighted by atomic mass is 127. The van der Waals surface area contributed by atoms with Crippen molar-refractivity contribution in [3.63, 3.8) is 0 Å². The molecule has 1 unspecified atom stereocenters. The maximum Gasteiger partial charge on any atom is 0.238 e. The zero-order valence-corrected chi connectivity index (χ0v) is 22.4. The summed E-state index contributed by atoms with van der Waals surface area (Å²) < 4.78 is 0. The van der Waals surface area contributed by atoms with E-state index in [-0.39, 0.29) is 41.8 Å². The molecule has 1 aromatic carbocycles. The molecule has 1 saturated carbocycles. The number of halogens is 1. The summed E-state index contributed by atoms with van der Waals surface area (Å²) in [5.74, 6) is 1.29. The monoisotopic (exact) mass is 570 g/mol. The Bertz CT molecular complexity index is 810. The van der Waals surface area contributed by atoms with Gasteiger partial charge in [0, 0.05) is 37.3 Å². The van der Waals surface area contributed by atoms with Crippen LogP contribution in [-0.4, -0.2) is 73.9 Å². The van der Waals surface area contributed by atoms with Gasteiger partial charge in [0.05, 0.1) is 13.1 Å². The van der Waals surface area contributed by atoms with Gasteiger partial charge in [-0.1, -0.05) is 25.0 Å². The Balaban J connectivity index is 0.00000385. The van der Waals surface area contributed by atoms with Gasteiger partial charge in [-0.3, -0.25) is 9.59 Å². The lowest BCUT2D eigenvalue weighted by Crippen LogP contribution is -2.45. The second-order valence-corrected chi connectivity index (χ2v) is 9.08. The molecule has 0 radical (unpaired) electrons. The minimum Gasteiger partial charge on any atom is -0.357 e. The van der Waals surface area contributed by atoms with Gasteiger partial charge in [-0.05, 0) is 58.0 Å². The van der Waals surface area contributed by atoms with Gasteiger partial charge in [0.1, 0.15) is 0 Å². The number of rotatable bonds is 8. The molecule has 0 aromatic heterocycles. The van der Waals surface area contributed by atoms with E-state index in [4.69, 9.17) is 4.99 Å². The van der Waals surface area contributed by atoms with Gasteiger partial charge in [-0.15, -0.1) is 24.0 Å². The van der Waals surface area contributed by atoms with E-state index in [2.05, 4.69) is 16.0 Å². The van der Waals surface area contributed by atoms with Crippen molar-refractivity contribution in [3.05, 3.63) is 29.8 Å². The summed E-state index contributed by atoms with van der Waals surface area (Å²) in [5.41, 5.74) is 1.80. The van der Waals surface area contributed by atoms with Crippen molar-refractivity contribution in [1.29, 1.82) is 0 Å². The summed E-state index contributed by atoms with van der Waals surface area (Å²) in [6.45, 7) is 5.23. The summed E-state index contributed by atoms with van der Waals surface area (Å²) in [6.07, 6.45) is 5.40. The third kappa shape index (κ3) is 8.77. The maximum atomic E-state index is 12.7. The Labute approximate surface area is 215 Å². The number of likely N-dealkylation sites (N-methyl/N-ethyl adjacent to an activating group) is 1. The summed E-state index contributed by atoms with van der Waals surface area (Å²) in [6, 6.07) is 8.00. The van der Waals surface area contributed by atoms with Gasteiger partial charge in [-0.2, -0.15) is 0 Å². The van der Waals surface area contributed by atoms with Gasteiger partial charge in [-0.25, -0.2) is 4.99 Å². The Morgan fingerprint density at radius 2 is 1.94 bits per heavy atom. The first-order valence-corrected chi connectivity index (χ1v) is 11.8. The number of guanidine groups is 1. The first-order valence-electron chi connectivity index (χ1n) is 11.8. The smallest absolute Gasteiger partial charge is 0.238 e. The minimum atomic E-state index is -0.0383. The van der Waals surface area contributed by atoms with Crippen LogP contribution in [0.1, 0.15) is 44.6 Å². The highest BCUT2D eigenvalue weighted by molar-refractivity contribution is 14.0. The molecule has 1 aliphatic heterocycles. The van der Waals surface area contributed by atoms with E-state index in [9.17, 15) is 9.59 Å². The number of nitrogens with one attached hydrogen (secondary N) is 3. The molecule has 1 saturated heterocycles. The normalized spacial score (nSPS) is 18.8. The van der Waals surface area contributed by atoms with Crippen LogP contribution in [0.3, 0.4) is 0 Å².